The Kier molecular flexibility index (Phi) is 9.02. The zero-order chi connectivity index (χ0) is 36.7. The number of halogens is 1. The van der Waals surface area contributed by atoms with E-state index in [1.807, 2.05) is 25.1 Å². The maximum Gasteiger partial charge on any atom is 0.255 e. The summed E-state index contributed by atoms with van der Waals surface area (Å²) in [5.41, 5.74) is 4.56. The maximum absolute atomic E-state index is 13.9. The second-order valence-corrected chi connectivity index (χ2v) is 14.2. The number of methoxy groups -OCH3 is 1. The summed E-state index contributed by atoms with van der Waals surface area (Å²) in [5.74, 6) is -0.0258. The SMILES string of the molecule is CNC(=O)c1c(-c2ccc(F)cc2)oc2cc(N(CC(O)Cn3cccn3)S(C)(=O)=O)c(-c3ccc(OC)c(-c4nc5c(C)cccc5o4)c3)cc12. The van der Waals surface area contributed by atoms with E-state index in [0.717, 1.165) is 16.1 Å². The molecule has 0 bridgehead atoms. The van der Waals surface area contributed by atoms with E-state index in [1.165, 1.54) is 49.2 Å². The first kappa shape index (κ1) is 34.5. The van der Waals surface area contributed by atoms with Crippen molar-refractivity contribution < 1.29 is 36.3 Å². The number of para-hydroxylation sites is 1. The number of hydrogen-bond acceptors (Lipinski definition) is 9. The normalized spacial score (nSPS) is 12.3. The van der Waals surface area contributed by atoms with Gasteiger partial charge in [0, 0.05) is 42.0 Å². The molecule has 0 aliphatic carbocycles. The molecular weight excluding hydrogens is 690 g/mol. The van der Waals surface area contributed by atoms with Crippen LogP contribution in [0.15, 0.2) is 100 Å². The van der Waals surface area contributed by atoms with E-state index in [-0.39, 0.29) is 41.6 Å². The van der Waals surface area contributed by atoms with Crippen LogP contribution in [0.5, 0.6) is 5.75 Å². The molecule has 4 aromatic carbocycles. The summed E-state index contributed by atoms with van der Waals surface area (Å²) in [6.45, 7) is 1.62. The lowest BCUT2D eigenvalue weighted by Gasteiger charge is -2.27. The summed E-state index contributed by atoms with van der Waals surface area (Å²) >= 11 is 0. The number of oxazole rings is 1. The van der Waals surface area contributed by atoms with E-state index in [9.17, 15) is 22.7 Å². The number of anilines is 1. The zero-order valence-electron chi connectivity index (χ0n) is 28.6. The molecule has 1 amide bonds. The smallest absolute Gasteiger partial charge is 0.255 e. The Bertz CT molecular complexity index is 2550. The molecule has 1 atom stereocenters. The van der Waals surface area contributed by atoms with Crippen LogP contribution in [0.3, 0.4) is 0 Å². The fourth-order valence-electron chi connectivity index (χ4n) is 6.25. The van der Waals surface area contributed by atoms with Gasteiger partial charge in [-0.05, 0) is 72.6 Å². The first-order chi connectivity index (χ1) is 24.9. The third kappa shape index (κ3) is 6.49. The molecule has 0 fully saturated rings. The van der Waals surface area contributed by atoms with Crippen LogP contribution >= 0.6 is 0 Å². The standard InChI is InChI=1S/C38H34FN5O7S/c1-22-7-5-8-32-35(22)42-38(51-32)29-17-24(11-14-31(29)49-3)27-18-28-33(50-36(34(28)37(46)40-2)23-9-12-25(39)13-10-23)19-30(27)44(52(4,47)48)21-26(45)20-43-16-6-15-41-43/h5-19,26,45H,20-21H2,1-4H3,(H,40,46). The number of carbonyl (C=O) groups excluding carboxylic acids is 1. The van der Waals surface area contributed by atoms with Gasteiger partial charge in [0.2, 0.25) is 15.9 Å². The minimum atomic E-state index is -4.04. The van der Waals surface area contributed by atoms with E-state index in [0.29, 0.717) is 44.5 Å². The lowest BCUT2D eigenvalue weighted by molar-refractivity contribution is 0.0964. The molecule has 0 saturated carbocycles. The minimum absolute atomic E-state index is 0.0245. The molecule has 7 rings (SSSR count). The summed E-state index contributed by atoms with van der Waals surface area (Å²) in [5, 5.41) is 18.3. The number of rotatable bonds is 11. The van der Waals surface area contributed by atoms with Gasteiger partial charge in [0.1, 0.15) is 28.4 Å². The predicted molar refractivity (Wildman–Crippen MR) is 195 cm³/mol. The lowest BCUT2D eigenvalue weighted by Crippen LogP contribution is -2.39. The number of sulfonamides is 1. The molecule has 7 aromatic rings. The summed E-state index contributed by atoms with van der Waals surface area (Å²) in [6, 6.07) is 21.3. The number of aromatic nitrogens is 3. The Labute approximate surface area is 298 Å². The highest BCUT2D eigenvalue weighted by Gasteiger charge is 2.29. The van der Waals surface area contributed by atoms with Crippen molar-refractivity contribution in [3.05, 3.63) is 108 Å². The quantitative estimate of drug-likeness (QED) is 0.154. The number of furan rings is 1. The van der Waals surface area contributed by atoms with Crippen LogP contribution in [0.2, 0.25) is 0 Å². The Hall–Kier alpha value is -5.99. The van der Waals surface area contributed by atoms with Crippen molar-refractivity contribution in [2.24, 2.45) is 0 Å². The number of fused-ring (bicyclic) bond motifs is 2. The molecule has 12 nitrogen and oxygen atoms in total. The number of benzene rings is 4. The highest BCUT2D eigenvalue weighted by molar-refractivity contribution is 7.92. The number of hydrogen-bond donors (Lipinski definition) is 2. The van der Waals surface area contributed by atoms with Crippen LogP contribution in [-0.2, 0) is 16.6 Å². The molecule has 2 N–H and O–H groups in total. The molecule has 266 valence electrons. The van der Waals surface area contributed by atoms with Crippen LogP contribution in [0, 0.1) is 12.7 Å². The number of nitrogens with zero attached hydrogens (tertiary/aromatic N) is 4. The maximum atomic E-state index is 13.9. The highest BCUT2D eigenvalue weighted by Crippen LogP contribution is 2.44. The first-order valence-corrected chi connectivity index (χ1v) is 18.1. The van der Waals surface area contributed by atoms with Crippen molar-refractivity contribution in [2.75, 3.05) is 31.3 Å². The van der Waals surface area contributed by atoms with E-state index in [2.05, 4.69) is 10.4 Å². The number of aliphatic hydroxyl groups is 1. The second kappa shape index (κ2) is 13.6. The third-order valence-corrected chi connectivity index (χ3v) is 9.88. The van der Waals surface area contributed by atoms with Gasteiger partial charge in [0.05, 0.1) is 49.4 Å². The minimum Gasteiger partial charge on any atom is -0.496 e. The third-order valence-electron chi connectivity index (χ3n) is 8.73. The van der Waals surface area contributed by atoms with Crippen LogP contribution in [0.25, 0.3) is 56.0 Å². The van der Waals surface area contributed by atoms with E-state index in [1.54, 1.807) is 42.7 Å². The predicted octanol–water partition coefficient (Wildman–Crippen LogP) is 6.41. The Morgan fingerprint density at radius 3 is 2.46 bits per heavy atom. The van der Waals surface area contributed by atoms with Gasteiger partial charge >= 0.3 is 0 Å². The highest BCUT2D eigenvalue weighted by atomic mass is 32.2. The Balaban J connectivity index is 1.48. The molecule has 0 aliphatic heterocycles. The number of nitrogens with one attached hydrogen (secondary N) is 1. The topological polar surface area (TPSA) is 153 Å². The number of amides is 1. The van der Waals surface area contributed by atoms with Crippen LogP contribution in [0.4, 0.5) is 10.1 Å². The van der Waals surface area contributed by atoms with E-state index < -0.39 is 27.9 Å². The van der Waals surface area contributed by atoms with Gasteiger partial charge in [0.15, 0.2) is 5.58 Å². The van der Waals surface area contributed by atoms with Gasteiger partial charge in [-0.3, -0.25) is 13.8 Å². The molecule has 3 heterocycles. The van der Waals surface area contributed by atoms with Crippen molar-refractivity contribution in [2.45, 2.75) is 19.6 Å². The zero-order valence-corrected chi connectivity index (χ0v) is 29.4. The summed E-state index contributed by atoms with van der Waals surface area (Å²) in [7, 11) is -1.04. The van der Waals surface area contributed by atoms with E-state index >= 15 is 0 Å². The van der Waals surface area contributed by atoms with Gasteiger partial charge in [0.25, 0.3) is 5.91 Å². The Morgan fingerprint density at radius 1 is 1.02 bits per heavy atom. The number of carbonyl (C=O) groups is 1. The number of ether oxygens (including phenoxy) is 1. The lowest BCUT2D eigenvalue weighted by atomic mass is 9.96. The molecule has 3 aromatic heterocycles. The van der Waals surface area contributed by atoms with Crippen molar-refractivity contribution in [1.29, 1.82) is 0 Å². The van der Waals surface area contributed by atoms with Crippen LogP contribution < -0.4 is 14.4 Å². The van der Waals surface area contributed by atoms with Crippen molar-refractivity contribution in [1.82, 2.24) is 20.1 Å². The first-order valence-electron chi connectivity index (χ1n) is 16.2. The average Bonchev–Trinajstić information content (AvgIpc) is 3.89. The fourth-order valence-corrected chi connectivity index (χ4v) is 7.21. The van der Waals surface area contributed by atoms with Gasteiger partial charge in [-0.25, -0.2) is 17.8 Å². The van der Waals surface area contributed by atoms with Gasteiger partial charge in [-0.1, -0.05) is 18.2 Å². The average molecular weight is 724 g/mol. The molecule has 0 aliphatic rings. The molecule has 0 radical (unpaired) electrons. The van der Waals surface area contributed by atoms with Crippen molar-refractivity contribution >= 4 is 43.7 Å². The Morgan fingerprint density at radius 2 is 1.79 bits per heavy atom. The molecular formula is C38H34FN5O7S. The molecule has 14 heteroatoms. The molecule has 52 heavy (non-hydrogen) atoms. The van der Waals surface area contributed by atoms with Crippen molar-refractivity contribution in [3.63, 3.8) is 0 Å². The van der Waals surface area contributed by atoms with Crippen LogP contribution in [-0.4, -0.2) is 67.3 Å². The summed E-state index contributed by atoms with van der Waals surface area (Å²) < 4.78 is 61.9. The largest absolute Gasteiger partial charge is 0.496 e. The second-order valence-electron chi connectivity index (χ2n) is 12.3. The molecule has 0 saturated heterocycles. The van der Waals surface area contributed by atoms with E-state index in [4.69, 9.17) is 18.6 Å². The fraction of sp³-hybridized carbons (Fsp3) is 0.184. The molecule has 0 spiro atoms. The van der Waals surface area contributed by atoms with Crippen LogP contribution in [0.1, 0.15) is 15.9 Å². The van der Waals surface area contributed by atoms with Gasteiger partial charge in [-0.15, -0.1) is 0 Å². The number of aryl methyl sites for hydroxylation is 1. The monoisotopic (exact) mass is 723 g/mol. The summed E-state index contributed by atoms with van der Waals surface area (Å²) in [4.78, 5) is 18.2. The molecule has 1 unspecified atom stereocenters. The van der Waals surface area contributed by atoms with Gasteiger partial charge < -0.3 is 24.0 Å². The van der Waals surface area contributed by atoms with Crippen molar-refractivity contribution in [3.8, 4) is 39.7 Å². The van der Waals surface area contributed by atoms with Gasteiger partial charge in [-0.2, -0.15) is 5.10 Å². The summed E-state index contributed by atoms with van der Waals surface area (Å²) in [6.07, 6.45) is 3.11. The number of aliphatic hydroxyl groups excluding tert-OH is 1.